The minimum atomic E-state index is -0.103. The normalized spacial score (nSPS) is 11.0. The molecule has 0 saturated carbocycles. The lowest BCUT2D eigenvalue weighted by atomic mass is 10.2. The quantitative estimate of drug-likeness (QED) is 0.328. The molecule has 0 spiro atoms. The van der Waals surface area contributed by atoms with Crippen molar-refractivity contribution in [1.29, 1.82) is 0 Å². The maximum atomic E-state index is 12.4. The first kappa shape index (κ1) is 23.0. The fourth-order valence-electron chi connectivity index (χ4n) is 3.18. The third-order valence-corrected chi connectivity index (χ3v) is 6.31. The van der Waals surface area contributed by atoms with Crippen molar-refractivity contribution in [3.63, 3.8) is 0 Å². The highest BCUT2D eigenvalue weighted by molar-refractivity contribution is 7.98. The van der Waals surface area contributed by atoms with Gasteiger partial charge in [-0.3, -0.25) is 4.79 Å². The number of benzene rings is 2. The summed E-state index contributed by atoms with van der Waals surface area (Å²) in [6.45, 7) is 4.63. The Balaban J connectivity index is 1.33. The molecule has 1 N–H and O–H groups in total. The molecule has 2 aromatic carbocycles. The molecule has 170 valence electrons. The maximum absolute atomic E-state index is 12.4. The zero-order valence-electron chi connectivity index (χ0n) is 18.3. The summed E-state index contributed by atoms with van der Waals surface area (Å²) in [5.74, 6) is 2.14. The predicted octanol–water partition coefficient (Wildman–Crippen LogP) is 5.17. The number of hydrogen-bond acceptors (Lipinski definition) is 7. The number of nitrogens with zero attached hydrogens (tertiary/aromatic N) is 5. The average Bonchev–Trinajstić information content (AvgIpc) is 3.46. The van der Waals surface area contributed by atoms with Gasteiger partial charge < -0.3 is 14.3 Å². The second kappa shape index (κ2) is 10.6. The van der Waals surface area contributed by atoms with Crippen molar-refractivity contribution in [2.24, 2.45) is 0 Å². The molecule has 0 aliphatic carbocycles. The second-order valence-corrected chi connectivity index (χ2v) is 8.66. The number of aromatic nitrogens is 5. The van der Waals surface area contributed by atoms with Crippen LogP contribution in [0, 0.1) is 6.92 Å². The van der Waals surface area contributed by atoms with Gasteiger partial charge in [0.1, 0.15) is 5.82 Å². The van der Waals surface area contributed by atoms with Gasteiger partial charge in [0.05, 0.1) is 5.75 Å². The highest BCUT2D eigenvalue weighted by Crippen LogP contribution is 2.25. The van der Waals surface area contributed by atoms with E-state index < -0.39 is 0 Å². The Bertz CT molecular complexity index is 1240. The van der Waals surface area contributed by atoms with Gasteiger partial charge >= 0.3 is 0 Å². The van der Waals surface area contributed by atoms with E-state index in [0.717, 1.165) is 22.1 Å². The Morgan fingerprint density at radius 1 is 1.12 bits per heavy atom. The lowest BCUT2D eigenvalue weighted by Crippen LogP contribution is -2.14. The van der Waals surface area contributed by atoms with Crippen molar-refractivity contribution >= 4 is 35.0 Å². The van der Waals surface area contributed by atoms with Crippen LogP contribution in [0.2, 0.25) is 5.02 Å². The fourth-order valence-corrected chi connectivity index (χ4v) is 4.22. The number of nitrogens with one attached hydrogen (secondary N) is 1. The largest absolute Gasteiger partial charge is 0.420 e. The molecule has 4 rings (SSSR count). The van der Waals surface area contributed by atoms with E-state index in [0.29, 0.717) is 47.6 Å². The van der Waals surface area contributed by atoms with Crippen LogP contribution in [0.15, 0.2) is 58.1 Å². The zero-order chi connectivity index (χ0) is 23.2. The Labute approximate surface area is 200 Å². The molecule has 8 nitrogen and oxygen atoms in total. The number of rotatable bonds is 9. The van der Waals surface area contributed by atoms with Crippen LogP contribution in [0.1, 0.15) is 30.6 Å². The van der Waals surface area contributed by atoms with Gasteiger partial charge in [0.25, 0.3) is 0 Å². The Hall–Kier alpha value is -3.17. The van der Waals surface area contributed by atoms with Crippen LogP contribution in [0.25, 0.3) is 11.5 Å². The van der Waals surface area contributed by atoms with Crippen molar-refractivity contribution in [2.45, 2.75) is 44.1 Å². The number of carbonyl (C=O) groups is 1. The first-order valence-electron chi connectivity index (χ1n) is 10.5. The molecular weight excluding hydrogens is 460 g/mol. The van der Waals surface area contributed by atoms with E-state index in [1.807, 2.05) is 60.9 Å². The van der Waals surface area contributed by atoms with Crippen LogP contribution < -0.4 is 5.32 Å². The molecule has 0 unspecified atom stereocenters. The molecule has 0 saturated heterocycles. The van der Waals surface area contributed by atoms with Gasteiger partial charge in [-0.25, -0.2) is 0 Å². The molecule has 0 fully saturated rings. The minimum Gasteiger partial charge on any atom is -0.420 e. The first-order chi connectivity index (χ1) is 16.0. The number of carbonyl (C=O) groups excluding carboxylic acids is 1. The van der Waals surface area contributed by atoms with Gasteiger partial charge in [0.15, 0.2) is 5.16 Å². The van der Waals surface area contributed by atoms with Crippen LogP contribution >= 0.6 is 23.4 Å². The standard InChI is InChI=1S/C23H23ClN6O2S/c1-3-30-19(11-12-20(31)25-17-10-9-15(2)18(24)13-17)26-29-23(30)33-14-21-27-28-22(32-21)16-7-5-4-6-8-16/h4-10,13H,3,11-12,14H2,1-2H3,(H,25,31). The van der Waals surface area contributed by atoms with Crippen LogP contribution in [-0.4, -0.2) is 30.9 Å². The van der Waals surface area contributed by atoms with Crippen LogP contribution in [0.3, 0.4) is 0 Å². The fraction of sp³-hybridized carbons (Fsp3) is 0.261. The Morgan fingerprint density at radius 3 is 2.70 bits per heavy atom. The van der Waals surface area contributed by atoms with E-state index in [1.54, 1.807) is 6.07 Å². The summed E-state index contributed by atoms with van der Waals surface area (Å²) in [6, 6.07) is 15.1. The summed E-state index contributed by atoms with van der Waals surface area (Å²) in [7, 11) is 0. The number of aryl methyl sites for hydroxylation is 2. The topological polar surface area (TPSA) is 98.7 Å². The molecule has 2 heterocycles. The van der Waals surface area contributed by atoms with E-state index in [2.05, 4.69) is 25.7 Å². The van der Waals surface area contributed by atoms with E-state index in [9.17, 15) is 4.79 Å². The van der Waals surface area contributed by atoms with Crippen molar-refractivity contribution in [3.8, 4) is 11.5 Å². The molecule has 0 aliphatic rings. The number of amides is 1. The lowest BCUT2D eigenvalue weighted by molar-refractivity contribution is -0.116. The van der Waals surface area contributed by atoms with Gasteiger partial charge in [-0.1, -0.05) is 47.6 Å². The molecule has 4 aromatic rings. The second-order valence-electron chi connectivity index (χ2n) is 7.31. The van der Waals surface area contributed by atoms with Gasteiger partial charge in [0, 0.05) is 35.7 Å². The van der Waals surface area contributed by atoms with E-state index in [1.165, 1.54) is 11.8 Å². The summed E-state index contributed by atoms with van der Waals surface area (Å²) in [5, 5.41) is 21.0. The Kier molecular flexibility index (Phi) is 7.41. The van der Waals surface area contributed by atoms with Crippen LogP contribution in [-0.2, 0) is 23.5 Å². The van der Waals surface area contributed by atoms with E-state index >= 15 is 0 Å². The molecule has 1 amide bonds. The number of halogens is 1. The minimum absolute atomic E-state index is 0.103. The molecule has 0 atom stereocenters. The highest BCUT2D eigenvalue weighted by Gasteiger charge is 2.15. The third kappa shape index (κ3) is 5.80. The number of thioether (sulfide) groups is 1. The number of anilines is 1. The monoisotopic (exact) mass is 482 g/mol. The van der Waals surface area contributed by atoms with Gasteiger partial charge in [0.2, 0.25) is 17.7 Å². The molecule has 0 aliphatic heterocycles. The summed E-state index contributed by atoms with van der Waals surface area (Å²) in [4.78, 5) is 12.4. The molecule has 10 heteroatoms. The summed E-state index contributed by atoms with van der Waals surface area (Å²) < 4.78 is 7.76. The lowest BCUT2D eigenvalue weighted by Gasteiger charge is -2.08. The van der Waals surface area contributed by atoms with Crippen molar-refractivity contribution in [1.82, 2.24) is 25.0 Å². The SMILES string of the molecule is CCn1c(CCC(=O)Nc2ccc(C)c(Cl)c2)nnc1SCc1nnc(-c2ccccc2)o1. The van der Waals surface area contributed by atoms with Gasteiger partial charge in [-0.15, -0.1) is 20.4 Å². The summed E-state index contributed by atoms with van der Waals surface area (Å²) >= 11 is 7.60. The molecular formula is C23H23ClN6O2S. The van der Waals surface area contributed by atoms with Crippen molar-refractivity contribution < 1.29 is 9.21 Å². The molecule has 0 radical (unpaired) electrons. The smallest absolute Gasteiger partial charge is 0.247 e. The van der Waals surface area contributed by atoms with Crippen LogP contribution in [0.5, 0.6) is 0 Å². The molecule has 33 heavy (non-hydrogen) atoms. The molecule has 0 bridgehead atoms. The maximum Gasteiger partial charge on any atom is 0.247 e. The predicted molar refractivity (Wildman–Crippen MR) is 128 cm³/mol. The van der Waals surface area contributed by atoms with Gasteiger partial charge in [-0.2, -0.15) is 0 Å². The van der Waals surface area contributed by atoms with Gasteiger partial charge in [-0.05, 0) is 43.7 Å². The van der Waals surface area contributed by atoms with E-state index in [-0.39, 0.29) is 5.91 Å². The summed E-state index contributed by atoms with van der Waals surface area (Å²) in [6.07, 6.45) is 0.768. The average molecular weight is 483 g/mol. The highest BCUT2D eigenvalue weighted by atomic mass is 35.5. The number of hydrogen-bond donors (Lipinski definition) is 1. The summed E-state index contributed by atoms with van der Waals surface area (Å²) in [5.41, 5.74) is 2.53. The van der Waals surface area contributed by atoms with E-state index in [4.69, 9.17) is 16.0 Å². The van der Waals surface area contributed by atoms with Crippen molar-refractivity contribution in [3.05, 3.63) is 70.8 Å². The third-order valence-electron chi connectivity index (χ3n) is 4.95. The molecule has 2 aromatic heterocycles. The van der Waals surface area contributed by atoms with Crippen LogP contribution in [0.4, 0.5) is 5.69 Å². The van der Waals surface area contributed by atoms with Crippen molar-refractivity contribution in [2.75, 3.05) is 5.32 Å². The Morgan fingerprint density at radius 2 is 1.94 bits per heavy atom. The zero-order valence-corrected chi connectivity index (χ0v) is 19.9. The first-order valence-corrected chi connectivity index (χ1v) is 11.9.